The Morgan fingerprint density at radius 3 is 2.70 bits per heavy atom. The second-order valence-electron chi connectivity index (χ2n) is 8.99. The van der Waals surface area contributed by atoms with Crippen molar-refractivity contribution in [3.63, 3.8) is 0 Å². The van der Waals surface area contributed by atoms with Gasteiger partial charge in [0.1, 0.15) is 6.04 Å². The van der Waals surface area contributed by atoms with E-state index in [1.165, 1.54) is 33.7 Å². The number of carbonyl (C=O) groups is 2. The summed E-state index contributed by atoms with van der Waals surface area (Å²) in [6.07, 6.45) is 0.832. The second kappa shape index (κ2) is 10.8. The van der Waals surface area contributed by atoms with E-state index in [2.05, 4.69) is 15.2 Å². The molecule has 3 heterocycles. The van der Waals surface area contributed by atoms with Gasteiger partial charge in [-0.15, -0.1) is 23.7 Å². The molecular weight excluding hydrogens is 557 g/mol. The summed E-state index contributed by atoms with van der Waals surface area (Å²) in [6.45, 7) is 1.60. The fourth-order valence-corrected chi connectivity index (χ4v) is 7.42. The molecule has 0 spiro atoms. The fourth-order valence-electron chi connectivity index (χ4n) is 4.69. The van der Waals surface area contributed by atoms with Crippen LogP contribution in [0.3, 0.4) is 0 Å². The Balaban J connectivity index is 0.00000320. The molecule has 13 heteroatoms. The quantitative estimate of drug-likeness (QED) is 0.506. The van der Waals surface area contributed by atoms with Crippen LogP contribution in [0.15, 0.2) is 41.3 Å². The molecule has 37 heavy (non-hydrogen) atoms. The van der Waals surface area contributed by atoms with Crippen molar-refractivity contribution in [1.82, 2.24) is 24.4 Å². The predicted octanol–water partition coefficient (Wildman–Crippen LogP) is 2.62. The molecule has 0 aliphatic carbocycles. The number of benzene rings is 2. The van der Waals surface area contributed by atoms with E-state index in [0.717, 1.165) is 28.9 Å². The highest BCUT2D eigenvalue weighted by atomic mass is 35.5. The molecule has 0 bridgehead atoms. The van der Waals surface area contributed by atoms with Crippen LogP contribution in [0, 0.1) is 0 Å². The van der Waals surface area contributed by atoms with Gasteiger partial charge in [-0.25, -0.2) is 13.4 Å². The number of likely N-dealkylation sites (N-methyl/N-ethyl adjacent to an activating group) is 2. The van der Waals surface area contributed by atoms with Crippen LogP contribution in [-0.2, 0) is 27.8 Å². The average molecular weight is 585 g/mol. The molecule has 9 nitrogen and oxygen atoms in total. The van der Waals surface area contributed by atoms with E-state index in [-0.39, 0.29) is 42.8 Å². The molecule has 2 aromatic carbocycles. The van der Waals surface area contributed by atoms with Crippen LogP contribution in [0.25, 0.3) is 10.8 Å². The average Bonchev–Trinajstić information content (AvgIpc) is 3.30. The van der Waals surface area contributed by atoms with E-state index < -0.39 is 22.0 Å². The van der Waals surface area contributed by atoms with Crippen LogP contribution in [0.1, 0.15) is 20.4 Å². The zero-order chi connectivity index (χ0) is 25.6. The zero-order valence-corrected chi connectivity index (χ0v) is 23.5. The summed E-state index contributed by atoms with van der Waals surface area (Å²) in [6, 6.07) is 9.14. The largest absolute Gasteiger partial charge is 0.357 e. The van der Waals surface area contributed by atoms with E-state index in [1.807, 2.05) is 7.05 Å². The first kappa shape index (κ1) is 27.7. The minimum atomic E-state index is -3.91. The molecule has 1 fully saturated rings. The number of fused-ring (bicyclic) bond motifs is 2. The van der Waals surface area contributed by atoms with Gasteiger partial charge in [0.15, 0.2) is 5.01 Å². The maximum Gasteiger partial charge on any atom is 0.283 e. The van der Waals surface area contributed by atoms with E-state index in [4.69, 9.17) is 11.6 Å². The Hall–Kier alpha value is -2.28. The van der Waals surface area contributed by atoms with E-state index in [0.29, 0.717) is 22.0 Å². The molecule has 198 valence electrons. The van der Waals surface area contributed by atoms with Crippen molar-refractivity contribution in [3.8, 4) is 0 Å². The van der Waals surface area contributed by atoms with Gasteiger partial charge >= 0.3 is 0 Å². The summed E-state index contributed by atoms with van der Waals surface area (Å²) in [4.78, 5) is 35.6. The van der Waals surface area contributed by atoms with E-state index in [1.54, 1.807) is 30.3 Å². The molecule has 1 atom stereocenters. The zero-order valence-electron chi connectivity index (χ0n) is 20.3. The van der Waals surface area contributed by atoms with Crippen molar-refractivity contribution < 1.29 is 18.0 Å². The normalized spacial score (nSPS) is 18.8. The van der Waals surface area contributed by atoms with Gasteiger partial charge in [-0.05, 0) is 37.1 Å². The summed E-state index contributed by atoms with van der Waals surface area (Å²) in [5.74, 6) is -0.766. The molecule has 3 aromatic rings. The van der Waals surface area contributed by atoms with Crippen LogP contribution < -0.4 is 5.32 Å². The number of thiazole rings is 1. The number of carbonyl (C=O) groups excluding carboxylic acids is 2. The smallest absolute Gasteiger partial charge is 0.283 e. The van der Waals surface area contributed by atoms with Crippen molar-refractivity contribution >= 4 is 68.0 Å². The van der Waals surface area contributed by atoms with Gasteiger partial charge in [-0.2, -0.15) is 4.31 Å². The third-order valence-corrected chi connectivity index (χ3v) is 10.0. The number of amides is 2. The van der Waals surface area contributed by atoms with Crippen molar-refractivity contribution in [3.05, 3.63) is 57.0 Å². The van der Waals surface area contributed by atoms with Crippen molar-refractivity contribution in [1.29, 1.82) is 0 Å². The van der Waals surface area contributed by atoms with Crippen molar-refractivity contribution in [2.45, 2.75) is 23.9 Å². The van der Waals surface area contributed by atoms with Gasteiger partial charge in [0, 0.05) is 55.1 Å². The summed E-state index contributed by atoms with van der Waals surface area (Å²) in [5, 5.41) is 4.92. The Kier molecular flexibility index (Phi) is 8.13. The summed E-state index contributed by atoms with van der Waals surface area (Å²) in [7, 11) is -0.425. The monoisotopic (exact) mass is 583 g/mol. The Labute approximate surface area is 230 Å². The summed E-state index contributed by atoms with van der Waals surface area (Å²) in [5.41, 5.74) is 0.895. The van der Waals surface area contributed by atoms with Crippen molar-refractivity contribution in [2.24, 2.45) is 0 Å². The van der Waals surface area contributed by atoms with Crippen LogP contribution in [0.5, 0.6) is 0 Å². The highest BCUT2D eigenvalue weighted by Gasteiger charge is 2.41. The molecule has 1 unspecified atom stereocenters. The van der Waals surface area contributed by atoms with Crippen LogP contribution in [0.4, 0.5) is 0 Å². The lowest BCUT2D eigenvalue weighted by Crippen LogP contribution is -2.61. The number of rotatable bonds is 4. The minimum absolute atomic E-state index is 0. The molecule has 0 saturated carbocycles. The second-order valence-corrected chi connectivity index (χ2v) is 12.4. The molecule has 2 aliphatic heterocycles. The van der Waals surface area contributed by atoms with Gasteiger partial charge in [-0.1, -0.05) is 29.8 Å². The summed E-state index contributed by atoms with van der Waals surface area (Å²) < 4.78 is 28.3. The molecular formula is C24H27Cl2N5O4S2. The first-order valence-corrected chi connectivity index (χ1v) is 14.2. The minimum Gasteiger partial charge on any atom is -0.357 e. The number of sulfonamides is 1. The van der Waals surface area contributed by atoms with Crippen LogP contribution >= 0.6 is 35.3 Å². The molecule has 5 rings (SSSR count). The van der Waals surface area contributed by atoms with Crippen LogP contribution in [-0.4, -0.2) is 85.6 Å². The number of hydrogen-bond acceptors (Lipinski definition) is 7. The number of hydrogen-bond donors (Lipinski definition) is 1. The van der Waals surface area contributed by atoms with Gasteiger partial charge in [0.2, 0.25) is 15.9 Å². The lowest BCUT2D eigenvalue weighted by molar-refractivity contribution is -0.126. The lowest BCUT2D eigenvalue weighted by Gasteiger charge is -2.39. The fraction of sp³-hybridized carbons (Fsp3) is 0.375. The van der Waals surface area contributed by atoms with Crippen LogP contribution in [0.2, 0.25) is 5.02 Å². The molecule has 1 aromatic heterocycles. The number of aromatic nitrogens is 1. The topological polar surface area (TPSA) is 103 Å². The first-order chi connectivity index (χ1) is 17.2. The number of nitrogens with one attached hydrogen (secondary N) is 1. The number of halogens is 2. The third-order valence-electron chi connectivity index (χ3n) is 6.69. The van der Waals surface area contributed by atoms with Crippen molar-refractivity contribution in [2.75, 3.05) is 40.3 Å². The Morgan fingerprint density at radius 2 is 1.95 bits per heavy atom. The highest BCUT2D eigenvalue weighted by Crippen LogP contribution is 2.30. The van der Waals surface area contributed by atoms with E-state index in [9.17, 15) is 18.0 Å². The molecule has 1 N–H and O–H groups in total. The van der Waals surface area contributed by atoms with Gasteiger partial charge in [0.25, 0.3) is 5.91 Å². The number of piperazine rings is 1. The summed E-state index contributed by atoms with van der Waals surface area (Å²) >= 11 is 7.59. The lowest BCUT2D eigenvalue weighted by atomic mass is 10.1. The maximum atomic E-state index is 13.5. The molecule has 0 radical (unpaired) electrons. The number of nitrogens with zero attached hydrogens (tertiary/aromatic N) is 4. The predicted molar refractivity (Wildman–Crippen MR) is 146 cm³/mol. The molecule has 1 saturated heterocycles. The molecule has 2 amide bonds. The third kappa shape index (κ3) is 5.21. The van der Waals surface area contributed by atoms with Gasteiger partial charge < -0.3 is 15.1 Å². The van der Waals surface area contributed by atoms with E-state index >= 15 is 0 Å². The SMILES string of the molecule is CNC(=O)C1CN(S(=O)(=O)c2ccc3c(Cl)cccc3c2)CCN1C(=O)c1nc2c(s1)CCN(C)C2.Cl. The highest BCUT2D eigenvalue weighted by molar-refractivity contribution is 7.89. The Morgan fingerprint density at radius 1 is 1.16 bits per heavy atom. The van der Waals surface area contributed by atoms with Gasteiger partial charge in [0.05, 0.1) is 10.6 Å². The Bertz CT molecular complexity index is 1460. The van der Waals surface area contributed by atoms with Gasteiger partial charge in [-0.3, -0.25) is 9.59 Å². The molecule has 2 aliphatic rings. The first-order valence-electron chi connectivity index (χ1n) is 11.6. The standard InChI is InChI=1S/C24H26ClN5O4S2.ClH/c1-26-22(31)20-14-29(36(33,34)16-6-7-17-15(12-16)4-3-5-18(17)25)10-11-30(20)24(32)23-27-19-13-28(2)9-8-21(19)35-23;/h3-7,12,20H,8-11,13-14H2,1-2H3,(H,26,31);1H. The maximum absolute atomic E-state index is 13.5.